The Bertz CT molecular complexity index is 988. The number of halogens is 2. The van der Waals surface area contributed by atoms with E-state index in [1.54, 1.807) is 6.07 Å². The van der Waals surface area contributed by atoms with Gasteiger partial charge in [-0.1, -0.05) is 23.7 Å². The second kappa shape index (κ2) is 8.06. The van der Waals surface area contributed by atoms with E-state index in [9.17, 15) is 17.6 Å². The van der Waals surface area contributed by atoms with Crippen molar-refractivity contribution >= 4 is 39.1 Å². The molecule has 1 aliphatic rings. The molecule has 142 valence electrons. The van der Waals surface area contributed by atoms with E-state index in [0.717, 1.165) is 6.42 Å². The zero-order valence-corrected chi connectivity index (χ0v) is 15.8. The van der Waals surface area contributed by atoms with Crippen LogP contribution in [0.2, 0.25) is 5.02 Å². The fourth-order valence-corrected chi connectivity index (χ4v) is 4.01. The number of carbonyl (C=O) groups excluding carboxylic acids is 1. The van der Waals surface area contributed by atoms with Gasteiger partial charge in [-0.25, -0.2) is 12.8 Å². The zero-order chi connectivity index (χ0) is 19.4. The minimum atomic E-state index is -3.79. The number of benzene rings is 2. The van der Waals surface area contributed by atoms with E-state index in [1.807, 2.05) is 0 Å². The fraction of sp³-hybridized carbons (Fsp3) is 0.222. The molecule has 2 aromatic carbocycles. The average molecular weight is 410 g/mol. The van der Waals surface area contributed by atoms with Crippen LogP contribution in [0.3, 0.4) is 0 Å². The molecule has 0 saturated carbocycles. The molecule has 2 N–H and O–H groups in total. The van der Waals surface area contributed by atoms with Crippen molar-refractivity contribution in [3.63, 3.8) is 0 Å². The second-order valence-corrected chi connectivity index (χ2v) is 8.08. The Hall–Kier alpha value is -2.45. The first-order chi connectivity index (χ1) is 12.8. The molecular weight excluding hydrogens is 393 g/mol. The summed E-state index contributed by atoms with van der Waals surface area (Å²) in [5, 5.41) is 2.72. The normalized spacial score (nSPS) is 13.9. The van der Waals surface area contributed by atoms with E-state index in [-0.39, 0.29) is 27.6 Å². The number of amides is 1. The maximum Gasteiger partial charge on any atom is 0.262 e. The van der Waals surface area contributed by atoms with Crippen molar-refractivity contribution in [2.24, 2.45) is 4.99 Å². The van der Waals surface area contributed by atoms with Crippen LogP contribution in [0.4, 0.5) is 10.1 Å². The number of nitrogens with one attached hydrogen (secondary N) is 2. The molecule has 0 bridgehead atoms. The molecule has 0 unspecified atom stereocenters. The highest BCUT2D eigenvalue weighted by Gasteiger charge is 2.19. The summed E-state index contributed by atoms with van der Waals surface area (Å²) in [5.74, 6) is -0.654. The third kappa shape index (κ3) is 4.84. The Morgan fingerprint density at radius 2 is 2.00 bits per heavy atom. The lowest BCUT2D eigenvalue weighted by Gasteiger charge is -2.11. The number of aliphatic imine (C=N–C) groups is 1. The summed E-state index contributed by atoms with van der Waals surface area (Å²) in [5.41, 5.74) is 0.366. The molecule has 6 nitrogen and oxygen atoms in total. The van der Waals surface area contributed by atoms with Gasteiger partial charge in [-0.2, -0.15) is 0 Å². The Morgan fingerprint density at radius 3 is 2.70 bits per heavy atom. The first kappa shape index (κ1) is 19.3. The van der Waals surface area contributed by atoms with Gasteiger partial charge in [0.1, 0.15) is 11.7 Å². The van der Waals surface area contributed by atoms with Crippen LogP contribution in [-0.4, -0.2) is 26.7 Å². The molecule has 0 aromatic heterocycles. The predicted molar refractivity (Wildman–Crippen MR) is 102 cm³/mol. The third-order valence-electron chi connectivity index (χ3n) is 3.95. The summed E-state index contributed by atoms with van der Waals surface area (Å²) in [6.45, 7) is 0.604. The van der Waals surface area contributed by atoms with Crippen molar-refractivity contribution < 1.29 is 17.6 Å². The van der Waals surface area contributed by atoms with E-state index < -0.39 is 21.7 Å². The summed E-state index contributed by atoms with van der Waals surface area (Å²) in [7, 11) is -3.79. The number of carbonyl (C=O) groups is 1. The van der Waals surface area contributed by atoms with Crippen LogP contribution in [0.25, 0.3) is 0 Å². The second-order valence-electron chi connectivity index (χ2n) is 5.99. The highest BCUT2D eigenvalue weighted by Crippen LogP contribution is 2.21. The molecule has 1 amide bonds. The van der Waals surface area contributed by atoms with Gasteiger partial charge in [-0.3, -0.25) is 14.5 Å². The lowest BCUT2D eigenvalue weighted by molar-refractivity contribution is -0.115. The monoisotopic (exact) mass is 409 g/mol. The predicted octanol–water partition coefficient (Wildman–Crippen LogP) is 3.13. The number of hydrogen-bond acceptors (Lipinski definition) is 4. The van der Waals surface area contributed by atoms with Crippen molar-refractivity contribution in [3.05, 3.63) is 58.9 Å². The smallest absolute Gasteiger partial charge is 0.262 e. The van der Waals surface area contributed by atoms with Gasteiger partial charge in [-0.15, -0.1) is 0 Å². The van der Waals surface area contributed by atoms with Crippen LogP contribution in [0, 0.1) is 5.82 Å². The molecule has 27 heavy (non-hydrogen) atoms. The number of anilines is 1. The van der Waals surface area contributed by atoms with Gasteiger partial charge in [0.05, 0.1) is 11.3 Å². The van der Waals surface area contributed by atoms with Crippen molar-refractivity contribution in [3.8, 4) is 0 Å². The van der Waals surface area contributed by atoms with Crippen LogP contribution < -0.4 is 10.0 Å². The Balaban J connectivity index is 1.73. The van der Waals surface area contributed by atoms with Crippen LogP contribution >= 0.6 is 11.6 Å². The molecule has 0 aliphatic carbocycles. The van der Waals surface area contributed by atoms with E-state index in [0.29, 0.717) is 18.8 Å². The number of rotatable bonds is 5. The van der Waals surface area contributed by atoms with E-state index >= 15 is 0 Å². The van der Waals surface area contributed by atoms with Crippen molar-refractivity contribution in [1.82, 2.24) is 4.72 Å². The van der Waals surface area contributed by atoms with Crippen molar-refractivity contribution in [2.45, 2.75) is 24.2 Å². The molecule has 1 heterocycles. The van der Waals surface area contributed by atoms with Gasteiger partial charge >= 0.3 is 0 Å². The van der Waals surface area contributed by atoms with Gasteiger partial charge in [0, 0.05) is 29.2 Å². The highest BCUT2D eigenvalue weighted by atomic mass is 35.5. The quantitative estimate of drug-likeness (QED) is 0.795. The zero-order valence-electron chi connectivity index (χ0n) is 14.2. The first-order valence-corrected chi connectivity index (χ1v) is 10.1. The van der Waals surface area contributed by atoms with E-state index in [2.05, 4.69) is 15.0 Å². The SMILES string of the molecule is O=C(Cc1c(F)cccc1Cl)Nc1cccc(S(=O)(=O)NC2=NCCC2)c1. The van der Waals surface area contributed by atoms with E-state index in [4.69, 9.17) is 11.6 Å². The number of amidine groups is 1. The Labute approximate surface area is 161 Å². The maximum absolute atomic E-state index is 13.8. The molecule has 0 spiro atoms. The Morgan fingerprint density at radius 1 is 1.22 bits per heavy atom. The highest BCUT2D eigenvalue weighted by molar-refractivity contribution is 7.90. The molecule has 1 aliphatic heterocycles. The first-order valence-electron chi connectivity index (χ1n) is 8.24. The van der Waals surface area contributed by atoms with Gasteiger partial charge < -0.3 is 5.32 Å². The number of hydrogen-bond donors (Lipinski definition) is 2. The summed E-state index contributed by atoms with van der Waals surface area (Å²) in [6, 6.07) is 9.98. The van der Waals surface area contributed by atoms with E-state index in [1.165, 1.54) is 36.4 Å². The van der Waals surface area contributed by atoms with Gasteiger partial charge in [0.15, 0.2) is 0 Å². The number of nitrogens with zero attached hydrogens (tertiary/aromatic N) is 1. The average Bonchev–Trinajstić information content (AvgIpc) is 3.11. The summed E-state index contributed by atoms with van der Waals surface area (Å²) >= 11 is 5.92. The molecule has 3 rings (SSSR count). The molecule has 0 radical (unpaired) electrons. The van der Waals surface area contributed by atoms with Crippen molar-refractivity contribution in [1.29, 1.82) is 0 Å². The van der Waals surface area contributed by atoms with Gasteiger partial charge in [-0.05, 0) is 36.8 Å². The van der Waals surface area contributed by atoms with Gasteiger partial charge in [0.2, 0.25) is 5.91 Å². The summed E-state index contributed by atoms with van der Waals surface area (Å²) in [4.78, 5) is 16.3. The summed E-state index contributed by atoms with van der Waals surface area (Å²) in [6.07, 6.45) is 1.13. The van der Waals surface area contributed by atoms with Gasteiger partial charge in [0.25, 0.3) is 10.0 Å². The minimum Gasteiger partial charge on any atom is -0.326 e. The molecule has 0 saturated heterocycles. The summed E-state index contributed by atoms with van der Waals surface area (Å²) < 4.78 is 41.1. The fourth-order valence-electron chi connectivity index (χ4n) is 2.64. The maximum atomic E-state index is 13.8. The molecule has 9 heteroatoms. The lowest BCUT2D eigenvalue weighted by Crippen LogP contribution is -2.29. The standard InChI is InChI=1S/C18H17ClFN3O3S/c19-15-6-2-7-16(20)14(15)11-18(24)22-12-4-1-5-13(10-12)27(25,26)23-17-8-3-9-21-17/h1-2,4-7,10H,3,8-9,11H2,(H,21,23)(H,22,24). The van der Waals surface area contributed by atoms with Crippen molar-refractivity contribution in [2.75, 3.05) is 11.9 Å². The molecule has 2 aromatic rings. The largest absolute Gasteiger partial charge is 0.326 e. The number of sulfonamides is 1. The van der Waals surface area contributed by atoms with Crippen LogP contribution in [0.5, 0.6) is 0 Å². The van der Waals surface area contributed by atoms with Crippen LogP contribution in [0.1, 0.15) is 18.4 Å². The lowest BCUT2D eigenvalue weighted by atomic mass is 10.1. The topological polar surface area (TPSA) is 87.6 Å². The minimum absolute atomic E-state index is 0.00109. The van der Waals surface area contributed by atoms with Crippen LogP contribution in [0.15, 0.2) is 52.4 Å². The molecule has 0 fully saturated rings. The Kier molecular flexibility index (Phi) is 5.76. The van der Waals surface area contributed by atoms with Crippen LogP contribution in [-0.2, 0) is 21.2 Å². The molecular formula is C18H17ClFN3O3S. The third-order valence-corrected chi connectivity index (χ3v) is 5.69. The molecule has 0 atom stereocenters.